The lowest BCUT2D eigenvalue weighted by atomic mass is 10.0. The first kappa shape index (κ1) is 118. The highest BCUT2D eigenvalue weighted by molar-refractivity contribution is 7.47. The standard InChI is InChI=1S/C105H178O16P2/c1-4-7-10-13-16-19-22-25-28-31-34-37-40-43-46-49-52-55-58-61-64-67-70-73-76-79-82-85-88-91-103(108)115-94-100(106)95-117-122(111,112)118-96-101(107)97-119-123(113,114)120-99-102(121-105(110)93-90-87-84-81-78-75-72-69-66-63-60-57-54-51-48-45-42-39-36-33-30-27-24-21-18-15-12-9-6-3)98-116-104(109)92-89-86-83-80-77-74-71-68-65-62-59-56-53-50-47-44-41-38-35-32-29-26-23-20-17-14-11-8-5-2/h7-12,16-21,25-30,34-39,43-48,100-102,106-107H,4-6,13-15,22-24,31-33,40-42,49-99H2,1-3H3,(H,111,112)(H,113,114)/b10-7-,11-8-,12-9-,19-16-,20-17-,21-18-,28-25-,29-26-,30-27-,37-34-,38-35-,39-36-,46-43-,47-44-,48-45-. The fraction of sp³-hybridized carbons (Fsp3) is 0.686. The van der Waals surface area contributed by atoms with Crippen LogP contribution in [0.5, 0.6) is 0 Å². The molecule has 0 saturated heterocycles. The zero-order valence-electron chi connectivity index (χ0n) is 77.8. The highest BCUT2D eigenvalue weighted by atomic mass is 31.2. The largest absolute Gasteiger partial charge is 0.472 e. The summed E-state index contributed by atoms with van der Waals surface area (Å²) in [4.78, 5) is 59.2. The summed E-state index contributed by atoms with van der Waals surface area (Å²) in [6.45, 7) is 2.40. The maximum atomic E-state index is 13.1. The Balaban J connectivity index is 4.66. The molecule has 0 bridgehead atoms. The van der Waals surface area contributed by atoms with Crippen LogP contribution >= 0.6 is 15.6 Å². The number of phosphoric acid groups is 2. The second kappa shape index (κ2) is 95.7. The van der Waals surface area contributed by atoms with Gasteiger partial charge in [0.05, 0.1) is 26.4 Å². The van der Waals surface area contributed by atoms with Crippen molar-refractivity contribution < 1.29 is 75.8 Å². The van der Waals surface area contributed by atoms with E-state index in [1.165, 1.54) is 161 Å². The number of esters is 3. The zero-order chi connectivity index (χ0) is 89.3. The Hall–Kier alpha value is -5.35. The molecule has 4 N–H and O–H groups in total. The van der Waals surface area contributed by atoms with E-state index in [9.17, 15) is 43.5 Å². The Morgan fingerprint density at radius 3 is 0.642 bits per heavy atom. The predicted octanol–water partition coefficient (Wildman–Crippen LogP) is 30.8. The second-order valence-corrected chi connectivity index (χ2v) is 35.3. The Morgan fingerprint density at radius 2 is 0.407 bits per heavy atom. The number of carbonyl (C=O) groups is 3. The summed E-state index contributed by atoms with van der Waals surface area (Å²) in [5.74, 6) is -1.57. The van der Waals surface area contributed by atoms with E-state index in [2.05, 4.69) is 203 Å². The van der Waals surface area contributed by atoms with Crippen LogP contribution in [0.1, 0.15) is 406 Å². The molecule has 0 aromatic carbocycles. The van der Waals surface area contributed by atoms with Crippen molar-refractivity contribution in [2.45, 2.75) is 424 Å². The Bertz CT molecular complexity index is 2970. The van der Waals surface area contributed by atoms with Crippen LogP contribution in [0.2, 0.25) is 0 Å². The number of unbranched alkanes of at least 4 members (excludes halogenated alkanes) is 39. The van der Waals surface area contributed by atoms with Gasteiger partial charge in [0.2, 0.25) is 0 Å². The topological polar surface area (TPSA) is 231 Å². The number of hydrogen-bond acceptors (Lipinski definition) is 14. The number of carbonyl (C=O) groups excluding carboxylic acids is 3. The molecule has 0 aliphatic rings. The third-order valence-corrected chi connectivity index (χ3v) is 22.5. The number of aliphatic hydroxyl groups is 2. The summed E-state index contributed by atoms with van der Waals surface area (Å²) in [7, 11) is -9.82. The third-order valence-electron chi connectivity index (χ3n) is 20.6. The zero-order valence-corrected chi connectivity index (χ0v) is 79.6. The molecule has 0 aliphatic carbocycles. The number of rotatable bonds is 92. The monoisotopic (exact) mass is 1760 g/mol. The lowest BCUT2D eigenvalue weighted by molar-refractivity contribution is -0.161. The van der Waals surface area contributed by atoms with E-state index in [1.807, 2.05) is 0 Å². The fourth-order valence-electron chi connectivity index (χ4n) is 13.3. The molecule has 0 aliphatic heterocycles. The molecular weight excluding hydrogens is 1580 g/mol. The molecule has 0 amide bonds. The van der Waals surface area contributed by atoms with Gasteiger partial charge in [0, 0.05) is 19.3 Å². The van der Waals surface area contributed by atoms with Gasteiger partial charge in [-0.3, -0.25) is 32.5 Å². The van der Waals surface area contributed by atoms with Crippen molar-refractivity contribution in [3.05, 3.63) is 182 Å². The summed E-state index contributed by atoms with van der Waals surface area (Å²) in [5.41, 5.74) is 0. The summed E-state index contributed by atoms with van der Waals surface area (Å²) in [5, 5.41) is 20.8. The van der Waals surface area contributed by atoms with Crippen molar-refractivity contribution in [2.75, 3.05) is 39.6 Å². The summed E-state index contributed by atoms with van der Waals surface area (Å²) in [6.07, 6.45) is 126. The SMILES string of the molecule is CC/C=C\C/C=C\C/C=C\C/C=C\C/C=C\CCCCCCCCCCCCCCCC(=O)OCC(O)COP(=O)(O)OCC(O)COP(=O)(O)OCC(COC(=O)CCCCCCCCCCCCCCC/C=C\C/C=C\C/C=C\C/C=C\C/C=C\CC)OC(=O)CCCCCCCCCCCCCCC/C=C\C/C=C\C/C=C\C/C=C\C/C=C\CC. The first-order valence-corrected chi connectivity index (χ1v) is 52.1. The molecule has 5 atom stereocenters. The van der Waals surface area contributed by atoms with Crippen molar-refractivity contribution in [1.29, 1.82) is 0 Å². The molecule has 0 aromatic heterocycles. The smallest absolute Gasteiger partial charge is 0.463 e. The van der Waals surface area contributed by atoms with Gasteiger partial charge in [0.25, 0.3) is 0 Å². The van der Waals surface area contributed by atoms with E-state index in [1.54, 1.807) is 0 Å². The van der Waals surface area contributed by atoms with Crippen molar-refractivity contribution in [3.8, 4) is 0 Å². The van der Waals surface area contributed by atoms with Crippen molar-refractivity contribution in [1.82, 2.24) is 0 Å². The van der Waals surface area contributed by atoms with Gasteiger partial charge in [-0.25, -0.2) is 9.13 Å². The van der Waals surface area contributed by atoms with Crippen LogP contribution < -0.4 is 0 Å². The van der Waals surface area contributed by atoms with Gasteiger partial charge in [-0.15, -0.1) is 0 Å². The predicted molar refractivity (Wildman–Crippen MR) is 518 cm³/mol. The van der Waals surface area contributed by atoms with Crippen molar-refractivity contribution >= 4 is 33.6 Å². The van der Waals surface area contributed by atoms with Crippen LogP contribution in [-0.4, -0.2) is 95.9 Å². The Kier molecular flexibility index (Phi) is 91.6. The van der Waals surface area contributed by atoms with Crippen LogP contribution in [0.3, 0.4) is 0 Å². The van der Waals surface area contributed by atoms with Crippen LogP contribution in [0.15, 0.2) is 182 Å². The van der Waals surface area contributed by atoms with Crippen molar-refractivity contribution in [2.24, 2.45) is 0 Å². The molecule has 0 fully saturated rings. The number of hydrogen-bond donors (Lipinski definition) is 4. The van der Waals surface area contributed by atoms with Gasteiger partial charge >= 0.3 is 33.6 Å². The van der Waals surface area contributed by atoms with E-state index >= 15 is 0 Å². The molecule has 18 heteroatoms. The molecule has 0 aromatic rings. The lowest BCUT2D eigenvalue weighted by Gasteiger charge is -2.21. The van der Waals surface area contributed by atoms with Gasteiger partial charge in [-0.1, -0.05) is 415 Å². The second-order valence-electron chi connectivity index (χ2n) is 32.4. The minimum atomic E-state index is -4.95. The van der Waals surface area contributed by atoms with E-state index in [0.29, 0.717) is 19.3 Å². The first-order valence-electron chi connectivity index (χ1n) is 49.1. The average molecular weight is 1760 g/mol. The first-order chi connectivity index (χ1) is 60.2. The van der Waals surface area contributed by atoms with Gasteiger partial charge in [0.15, 0.2) is 6.10 Å². The number of phosphoric ester groups is 2. The van der Waals surface area contributed by atoms with E-state index < -0.39 is 91.5 Å². The highest BCUT2D eigenvalue weighted by Crippen LogP contribution is 2.45. The van der Waals surface area contributed by atoms with Gasteiger partial charge < -0.3 is 34.2 Å². The summed E-state index contributed by atoms with van der Waals surface area (Å²) < 4.78 is 61.7. The maximum Gasteiger partial charge on any atom is 0.472 e. The third kappa shape index (κ3) is 97.1. The molecule has 0 saturated carbocycles. The van der Waals surface area contributed by atoms with E-state index in [0.717, 1.165) is 186 Å². The van der Waals surface area contributed by atoms with E-state index in [4.69, 9.17) is 32.3 Å². The minimum absolute atomic E-state index is 0.0985. The average Bonchev–Trinajstić information content (AvgIpc) is 0.896. The Morgan fingerprint density at radius 1 is 0.228 bits per heavy atom. The van der Waals surface area contributed by atoms with Crippen LogP contribution in [0.4, 0.5) is 0 Å². The van der Waals surface area contributed by atoms with E-state index in [-0.39, 0.29) is 19.3 Å². The van der Waals surface area contributed by atoms with Gasteiger partial charge in [0.1, 0.15) is 25.4 Å². The number of aliphatic hydroxyl groups excluding tert-OH is 2. The van der Waals surface area contributed by atoms with Gasteiger partial charge in [-0.05, 0) is 154 Å². The Labute approximate surface area is 751 Å². The molecule has 123 heavy (non-hydrogen) atoms. The summed E-state index contributed by atoms with van der Waals surface area (Å²) >= 11 is 0. The molecule has 5 unspecified atom stereocenters. The number of ether oxygens (including phenoxy) is 3. The van der Waals surface area contributed by atoms with Crippen molar-refractivity contribution in [3.63, 3.8) is 0 Å². The molecule has 0 rings (SSSR count). The molecule has 0 heterocycles. The lowest BCUT2D eigenvalue weighted by Crippen LogP contribution is -2.30. The van der Waals surface area contributed by atoms with Crippen LogP contribution in [0, 0.1) is 0 Å². The minimum Gasteiger partial charge on any atom is -0.463 e. The fourth-order valence-corrected chi connectivity index (χ4v) is 14.9. The maximum absolute atomic E-state index is 13.1. The summed E-state index contributed by atoms with van der Waals surface area (Å²) in [6, 6.07) is 0. The number of allylic oxidation sites excluding steroid dienone is 30. The molecule has 0 spiro atoms. The van der Waals surface area contributed by atoms with Gasteiger partial charge in [-0.2, -0.15) is 0 Å². The molecule has 16 nitrogen and oxygen atoms in total. The molecular formula is C105H178O16P2. The van der Waals surface area contributed by atoms with Crippen LogP contribution in [0.25, 0.3) is 0 Å². The highest BCUT2D eigenvalue weighted by Gasteiger charge is 2.30. The quantitative estimate of drug-likeness (QED) is 0.0146. The van der Waals surface area contributed by atoms with Crippen LogP contribution in [-0.2, 0) is 55.8 Å². The molecule has 0 radical (unpaired) electrons. The normalized spacial score (nSPS) is 14.5. The molecule has 704 valence electrons.